The van der Waals surface area contributed by atoms with Gasteiger partial charge in [0.2, 0.25) is 17.6 Å². The van der Waals surface area contributed by atoms with Gasteiger partial charge < -0.3 is 9.42 Å². The smallest absolute Gasteiger partial charge is 0.246 e. The summed E-state index contributed by atoms with van der Waals surface area (Å²) in [6.45, 7) is 1.41. The summed E-state index contributed by atoms with van der Waals surface area (Å²) in [7, 11) is 0. The van der Waals surface area contributed by atoms with Crippen molar-refractivity contribution in [3.63, 3.8) is 0 Å². The monoisotopic (exact) mass is 409 g/mol. The highest BCUT2D eigenvalue weighted by molar-refractivity contribution is 6.32. The number of nitrogens with zero attached hydrogens (tertiary/aromatic N) is 5. The van der Waals surface area contributed by atoms with Gasteiger partial charge in [-0.1, -0.05) is 35.0 Å². The van der Waals surface area contributed by atoms with Gasteiger partial charge in [0.1, 0.15) is 5.69 Å². The average Bonchev–Trinajstić information content (AvgIpc) is 3.22. The molecule has 3 heterocycles. The lowest BCUT2D eigenvalue weighted by atomic mass is 9.94. The Morgan fingerprint density at radius 3 is 3.03 bits per heavy atom. The average molecular weight is 410 g/mol. The van der Waals surface area contributed by atoms with E-state index in [-0.39, 0.29) is 11.8 Å². The van der Waals surface area contributed by atoms with Gasteiger partial charge in [-0.25, -0.2) is 4.98 Å². The maximum absolute atomic E-state index is 12.6. The maximum atomic E-state index is 12.6. The molecule has 1 aliphatic heterocycles. The molecule has 8 heteroatoms. The fourth-order valence-corrected chi connectivity index (χ4v) is 3.61. The van der Waals surface area contributed by atoms with Crippen molar-refractivity contribution in [1.29, 1.82) is 0 Å². The number of aromatic nitrogens is 4. The lowest BCUT2D eigenvalue weighted by molar-refractivity contribution is -0.127. The molecule has 1 amide bonds. The van der Waals surface area contributed by atoms with E-state index in [0.29, 0.717) is 35.4 Å². The third-order valence-electron chi connectivity index (χ3n) is 4.87. The van der Waals surface area contributed by atoms with Gasteiger partial charge in [0, 0.05) is 43.0 Å². The zero-order valence-corrected chi connectivity index (χ0v) is 16.5. The second kappa shape index (κ2) is 8.96. The van der Waals surface area contributed by atoms with Crippen LogP contribution < -0.4 is 0 Å². The molecule has 0 radical (unpaired) electrons. The normalized spacial score (nSPS) is 17.0. The van der Waals surface area contributed by atoms with Crippen molar-refractivity contribution in [3.05, 3.63) is 65.4 Å². The minimum atomic E-state index is -0.0135. The van der Waals surface area contributed by atoms with E-state index < -0.39 is 0 Å². The Morgan fingerprint density at radius 1 is 1.31 bits per heavy atom. The minimum Gasteiger partial charge on any atom is -0.339 e. The molecule has 1 fully saturated rings. The first-order chi connectivity index (χ1) is 14.2. The van der Waals surface area contributed by atoms with Crippen LogP contribution in [0.5, 0.6) is 0 Å². The van der Waals surface area contributed by atoms with Crippen LogP contribution in [0.15, 0.2) is 53.5 Å². The van der Waals surface area contributed by atoms with Gasteiger partial charge in [-0.2, -0.15) is 4.98 Å². The Bertz CT molecular complexity index is 1010. The summed E-state index contributed by atoms with van der Waals surface area (Å²) in [6.07, 6.45) is 10.7. The first-order valence-electron chi connectivity index (χ1n) is 9.49. The maximum Gasteiger partial charge on any atom is 0.246 e. The van der Waals surface area contributed by atoms with Gasteiger partial charge in [-0.15, -0.1) is 0 Å². The first-order valence-corrected chi connectivity index (χ1v) is 9.87. The van der Waals surface area contributed by atoms with Crippen LogP contribution in [0.3, 0.4) is 0 Å². The fraction of sp³-hybridized carbons (Fsp3) is 0.286. The first kappa shape index (κ1) is 19.3. The quantitative estimate of drug-likeness (QED) is 0.597. The van der Waals surface area contributed by atoms with Crippen molar-refractivity contribution in [2.45, 2.75) is 19.3 Å². The van der Waals surface area contributed by atoms with Crippen LogP contribution >= 0.6 is 11.6 Å². The summed E-state index contributed by atoms with van der Waals surface area (Å²) in [5, 5.41) is 4.61. The summed E-state index contributed by atoms with van der Waals surface area (Å²) in [6, 6.07) is 7.45. The number of amides is 1. The number of benzene rings is 1. The van der Waals surface area contributed by atoms with Crippen molar-refractivity contribution in [2.75, 3.05) is 13.1 Å². The molecule has 1 unspecified atom stereocenters. The van der Waals surface area contributed by atoms with E-state index in [1.807, 2.05) is 29.2 Å². The SMILES string of the molecule is O=C(C=Cc1ccccc1Cl)N1CCCC(Cc2nc(-c3cnccn3)no2)C1. The molecular weight excluding hydrogens is 390 g/mol. The Labute approximate surface area is 173 Å². The van der Waals surface area contributed by atoms with Crippen molar-refractivity contribution < 1.29 is 9.32 Å². The Morgan fingerprint density at radius 2 is 2.21 bits per heavy atom. The highest BCUT2D eigenvalue weighted by atomic mass is 35.5. The van der Waals surface area contributed by atoms with Crippen LogP contribution in [0.1, 0.15) is 24.3 Å². The number of likely N-dealkylation sites (tertiary alicyclic amines) is 1. The van der Waals surface area contributed by atoms with Crippen LogP contribution in [0.2, 0.25) is 5.02 Å². The molecule has 29 heavy (non-hydrogen) atoms. The lowest BCUT2D eigenvalue weighted by Gasteiger charge is -2.31. The number of hydrogen-bond acceptors (Lipinski definition) is 6. The molecule has 2 aromatic heterocycles. The van der Waals surface area contributed by atoms with Crippen molar-refractivity contribution >= 4 is 23.6 Å². The third kappa shape index (κ3) is 4.86. The lowest BCUT2D eigenvalue weighted by Crippen LogP contribution is -2.39. The minimum absolute atomic E-state index is 0.0135. The van der Waals surface area contributed by atoms with Crippen LogP contribution in [0.25, 0.3) is 17.6 Å². The molecule has 0 bridgehead atoms. The molecule has 0 spiro atoms. The van der Waals surface area contributed by atoms with Crippen LogP contribution in [-0.2, 0) is 11.2 Å². The largest absolute Gasteiger partial charge is 0.339 e. The van der Waals surface area contributed by atoms with Gasteiger partial charge >= 0.3 is 0 Å². The van der Waals surface area contributed by atoms with Crippen LogP contribution in [-0.4, -0.2) is 44.0 Å². The Kier molecular flexibility index (Phi) is 5.95. The molecule has 1 aliphatic rings. The van der Waals surface area contributed by atoms with E-state index in [2.05, 4.69) is 20.1 Å². The summed E-state index contributed by atoms with van der Waals surface area (Å²) in [4.78, 5) is 27.1. The van der Waals surface area contributed by atoms with Gasteiger partial charge in [0.15, 0.2) is 0 Å². The molecule has 1 aromatic carbocycles. The number of carbonyl (C=O) groups is 1. The molecular formula is C21H20ClN5O2. The number of piperidine rings is 1. The molecule has 0 aliphatic carbocycles. The molecule has 148 valence electrons. The molecule has 3 aromatic rings. The van der Waals surface area contributed by atoms with E-state index in [1.165, 1.54) is 0 Å². The Balaban J connectivity index is 1.37. The predicted molar refractivity (Wildman–Crippen MR) is 109 cm³/mol. The second-order valence-electron chi connectivity index (χ2n) is 6.95. The molecule has 1 atom stereocenters. The summed E-state index contributed by atoms with van der Waals surface area (Å²) >= 11 is 6.15. The zero-order chi connectivity index (χ0) is 20.1. The predicted octanol–water partition coefficient (Wildman–Crippen LogP) is 3.67. The molecule has 1 saturated heterocycles. The number of hydrogen-bond donors (Lipinski definition) is 0. The molecule has 4 rings (SSSR count). The topological polar surface area (TPSA) is 85.0 Å². The van der Waals surface area contributed by atoms with E-state index in [4.69, 9.17) is 16.1 Å². The number of halogens is 1. The second-order valence-corrected chi connectivity index (χ2v) is 7.36. The van der Waals surface area contributed by atoms with Crippen LogP contribution in [0, 0.1) is 5.92 Å². The van der Waals surface area contributed by atoms with Crippen molar-refractivity contribution in [1.82, 2.24) is 25.0 Å². The molecule has 7 nitrogen and oxygen atoms in total. The zero-order valence-electron chi connectivity index (χ0n) is 15.7. The van der Waals surface area contributed by atoms with E-state index >= 15 is 0 Å². The highest BCUT2D eigenvalue weighted by Crippen LogP contribution is 2.22. The standard InChI is InChI=1S/C21H20ClN5O2/c22-17-6-2-1-5-16(17)7-8-20(28)27-11-3-4-15(14-27)12-19-25-21(26-29-19)18-13-23-9-10-24-18/h1-2,5-10,13,15H,3-4,11-12,14H2. The number of carbonyl (C=O) groups excluding carboxylic acids is 1. The van der Waals surface area contributed by atoms with Gasteiger partial charge in [-0.05, 0) is 36.5 Å². The van der Waals surface area contributed by atoms with Gasteiger partial charge in [0.05, 0.1) is 6.20 Å². The van der Waals surface area contributed by atoms with E-state index in [0.717, 1.165) is 24.9 Å². The van der Waals surface area contributed by atoms with Crippen molar-refractivity contribution in [2.24, 2.45) is 5.92 Å². The molecule has 0 N–H and O–H groups in total. The summed E-state index contributed by atoms with van der Waals surface area (Å²) < 4.78 is 5.38. The number of rotatable bonds is 5. The highest BCUT2D eigenvalue weighted by Gasteiger charge is 2.24. The Hall–Kier alpha value is -3.06. The summed E-state index contributed by atoms with van der Waals surface area (Å²) in [5.41, 5.74) is 1.41. The van der Waals surface area contributed by atoms with Gasteiger partial charge in [0.25, 0.3) is 0 Å². The summed E-state index contributed by atoms with van der Waals surface area (Å²) in [5.74, 6) is 1.24. The fourth-order valence-electron chi connectivity index (χ4n) is 3.41. The van der Waals surface area contributed by atoms with E-state index in [1.54, 1.807) is 30.7 Å². The van der Waals surface area contributed by atoms with Gasteiger partial charge in [-0.3, -0.25) is 9.78 Å². The third-order valence-corrected chi connectivity index (χ3v) is 5.21. The molecule has 0 saturated carbocycles. The van der Waals surface area contributed by atoms with Crippen molar-refractivity contribution in [3.8, 4) is 11.5 Å². The van der Waals surface area contributed by atoms with E-state index in [9.17, 15) is 4.79 Å². The van der Waals surface area contributed by atoms with Crippen LogP contribution in [0.4, 0.5) is 0 Å².